The summed E-state index contributed by atoms with van der Waals surface area (Å²) in [7, 11) is 1.18. The first-order valence-corrected chi connectivity index (χ1v) is 36.7. The predicted octanol–water partition coefficient (Wildman–Crippen LogP) is 21.7. The van der Waals surface area contributed by atoms with Crippen molar-refractivity contribution in [2.24, 2.45) is 0 Å². The zero-order valence-corrected chi connectivity index (χ0v) is 56.3. The van der Waals surface area contributed by atoms with Crippen molar-refractivity contribution in [1.82, 2.24) is 5.32 Å². The van der Waals surface area contributed by atoms with Gasteiger partial charge in [-0.25, -0.2) is 0 Å². The molecule has 0 aromatic heterocycles. The highest BCUT2D eigenvalue weighted by atomic mass is 31.2. The van der Waals surface area contributed by atoms with E-state index in [1.54, 1.807) is 0 Å². The van der Waals surface area contributed by atoms with Crippen LogP contribution in [0.1, 0.15) is 329 Å². The fourth-order valence-electron chi connectivity index (χ4n) is 10.3. The number of unbranched alkanes of at least 4 members (excludes halogenated alkanes) is 38. The number of nitrogens with zero attached hydrogens (tertiary/aromatic N) is 1. The van der Waals surface area contributed by atoms with Crippen LogP contribution in [0.4, 0.5) is 0 Å². The van der Waals surface area contributed by atoms with Crippen molar-refractivity contribution in [3.8, 4) is 0 Å². The van der Waals surface area contributed by atoms with Crippen molar-refractivity contribution in [3.63, 3.8) is 0 Å². The van der Waals surface area contributed by atoms with E-state index in [4.69, 9.17) is 13.8 Å². The van der Waals surface area contributed by atoms with E-state index in [-0.39, 0.29) is 24.9 Å². The third-order valence-corrected chi connectivity index (χ3v) is 16.6. The molecule has 10 heteroatoms. The number of likely N-dealkylation sites (N-methyl/N-ethyl adjacent to an activating group) is 1. The van der Waals surface area contributed by atoms with E-state index in [2.05, 4.69) is 86.8 Å². The van der Waals surface area contributed by atoms with Crippen LogP contribution in [0.25, 0.3) is 0 Å². The molecule has 0 aromatic rings. The van der Waals surface area contributed by atoms with E-state index in [0.29, 0.717) is 17.4 Å². The van der Waals surface area contributed by atoms with Crippen molar-refractivity contribution in [3.05, 3.63) is 72.9 Å². The Morgan fingerprint density at radius 3 is 1.16 bits per heavy atom. The Morgan fingerprint density at radius 1 is 0.434 bits per heavy atom. The highest BCUT2D eigenvalue weighted by Crippen LogP contribution is 2.38. The second-order valence-corrected chi connectivity index (χ2v) is 26.4. The number of nitrogens with one attached hydrogen (secondary N) is 1. The van der Waals surface area contributed by atoms with Crippen LogP contribution in [0.3, 0.4) is 0 Å². The average Bonchev–Trinajstić information content (AvgIpc) is 3.51. The molecule has 0 radical (unpaired) electrons. The molecule has 3 atom stereocenters. The van der Waals surface area contributed by atoms with E-state index in [1.165, 1.54) is 193 Å². The Kier molecular flexibility index (Phi) is 60.6. The first-order chi connectivity index (χ1) is 40.4. The van der Waals surface area contributed by atoms with E-state index >= 15 is 0 Å². The number of quaternary nitrogens is 1. The molecule has 0 aliphatic carbocycles. The SMILES string of the molecule is CC/C=C\C/C=C\C/C=C\C/C=C\C/C=C\CCCCCCCCCC(=O)OC(/C=C/CCCCCCCCCCC)C(COP(=O)([O-])OCC[N+](C)(C)C)NC(=O)CCCCCCCCCCCCCCCCCCCCCCCCC. The molecule has 0 aliphatic rings. The monoisotopic (exact) mass is 1180 g/mol. The second kappa shape index (κ2) is 62.5. The van der Waals surface area contributed by atoms with Gasteiger partial charge in [0.2, 0.25) is 5.91 Å². The number of esters is 1. The van der Waals surface area contributed by atoms with Gasteiger partial charge in [0.15, 0.2) is 0 Å². The van der Waals surface area contributed by atoms with Crippen molar-refractivity contribution in [2.45, 2.75) is 341 Å². The maximum Gasteiger partial charge on any atom is 0.306 e. The summed E-state index contributed by atoms with van der Waals surface area (Å²) in [5, 5.41) is 3.04. The van der Waals surface area contributed by atoms with Crippen LogP contribution in [0.2, 0.25) is 0 Å². The number of rotatable bonds is 64. The Morgan fingerprint density at radius 2 is 0.771 bits per heavy atom. The van der Waals surface area contributed by atoms with Crippen molar-refractivity contribution >= 4 is 19.7 Å². The normalized spacial score (nSPS) is 14.0. The van der Waals surface area contributed by atoms with Gasteiger partial charge in [-0.1, -0.05) is 312 Å². The van der Waals surface area contributed by atoms with Crippen LogP contribution < -0.4 is 10.2 Å². The van der Waals surface area contributed by atoms with Gasteiger partial charge >= 0.3 is 5.97 Å². The van der Waals surface area contributed by atoms with Gasteiger partial charge in [-0.05, 0) is 76.7 Å². The van der Waals surface area contributed by atoms with Gasteiger partial charge in [0, 0.05) is 12.8 Å². The molecule has 0 saturated heterocycles. The third-order valence-electron chi connectivity index (χ3n) is 15.7. The maximum atomic E-state index is 13.6. The number of hydrogen-bond donors (Lipinski definition) is 1. The molecule has 0 aliphatic heterocycles. The number of phosphoric acid groups is 1. The summed E-state index contributed by atoms with van der Waals surface area (Å²) in [5.74, 6) is -0.543. The minimum Gasteiger partial charge on any atom is -0.756 e. The molecule has 3 unspecified atom stereocenters. The number of carbonyl (C=O) groups excluding carboxylic acids is 2. The van der Waals surface area contributed by atoms with Crippen molar-refractivity contribution in [2.75, 3.05) is 40.9 Å². The molecule has 83 heavy (non-hydrogen) atoms. The molecule has 0 aromatic carbocycles. The molecule has 1 amide bonds. The number of carbonyl (C=O) groups is 2. The van der Waals surface area contributed by atoms with Crippen LogP contribution in [-0.2, 0) is 27.9 Å². The lowest BCUT2D eigenvalue weighted by atomic mass is 10.0. The van der Waals surface area contributed by atoms with E-state index in [1.807, 2.05) is 33.3 Å². The zero-order valence-electron chi connectivity index (χ0n) is 55.4. The first-order valence-electron chi connectivity index (χ1n) is 35.2. The van der Waals surface area contributed by atoms with Gasteiger partial charge in [0.05, 0.1) is 33.8 Å². The van der Waals surface area contributed by atoms with Gasteiger partial charge in [-0.15, -0.1) is 0 Å². The van der Waals surface area contributed by atoms with Crippen LogP contribution in [0, 0.1) is 0 Å². The van der Waals surface area contributed by atoms with Crippen molar-refractivity contribution in [1.29, 1.82) is 0 Å². The largest absolute Gasteiger partial charge is 0.756 e. The maximum absolute atomic E-state index is 13.6. The molecule has 0 bridgehead atoms. The van der Waals surface area contributed by atoms with Gasteiger partial charge in [-0.3, -0.25) is 14.2 Å². The van der Waals surface area contributed by atoms with Crippen LogP contribution in [0.15, 0.2) is 72.9 Å². The Balaban J connectivity index is 5.05. The van der Waals surface area contributed by atoms with E-state index in [0.717, 1.165) is 103 Å². The Bertz CT molecular complexity index is 1650. The number of amides is 1. The molecular formula is C73H135N2O7P. The number of allylic oxidation sites excluding steroid dienone is 11. The smallest absolute Gasteiger partial charge is 0.306 e. The quantitative estimate of drug-likeness (QED) is 0.0212. The molecule has 484 valence electrons. The molecule has 0 saturated carbocycles. The topological polar surface area (TPSA) is 114 Å². The summed E-state index contributed by atoms with van der Waals surface area (Å²) in [6.45, 7) is 6.76. The fraction of sp³-hybridized carbons (Fsp3) is 0.808. The van der Waals surface area contributed by atoms with Crippen LogP contribution in [-0.4, -0.2) is 69.4 Å². The van der Waals surface area contributed by atoms with Crippen LogP contribution in [0.5, 0.6) is 0 Å². The third kappa shape index (κ3) is 63.8. The average molecular weight is 1180 g/mol. The molecule has 0 rings (SSSR count). The van der Waals surface area contributed by atoms with E-state index in [9.17, 15) is 19.0 Å². The fourth-order valence-corrected chi connectivity index (χ4v) is 11.0. The minimum absolute atomic E-state index is 0.0248. The summed E-state index contributed by atoms with van der Waals surface area (Å²) >= 11 is 0. The van der Waals surface area contributed by atoms with Gasteiger partial charge in [-0.2, -0.15) is 0 Å². The summed E-state index contributed by atoms with van der Waals surface area (Å²) < 4.78 is 30.4. The summed E-state index contributed by atoms with van der Waals surface area (Å²) in [4.78, 5) is 40.1. The Hall–Kier alpha value is -2.55. The summed E-state index contributed by atoms with van der Waals surface area (Å²) in [6, 6.07) is -0.894. The molecular weight excluding hydrogens is 1050 g/mol. The lowest BCUT2D eigenvalue weighted by molar-refractivity contribution is -0.870. The first kappa shape index (κ1) is 80.5. The standard InChI is InChI=1S/C73H135N2O7P/c1-7-10-13-16-19-22-25-27-29-31-33-35-37-39-41-43-45-47-50-53-56-59-62-65-72(76)74-70(69-81-83(78,79)80-68-67-75(4,5)6)71(64-61-58-55-52-49-24-21-18-15-12-9-3)82-73(77)66-63-60-57-54-51-48-46-44-42-40-38-36-34-32-30-28-26-23-20-17-14-11-8-2/h11,14,20,23,28,30,34,36,40,42,61,64,70-71H,7-10,12-13,15-19,21-22,24-27,29,31-33,35,37-39,41,43-60,62-63,65-69H2,1-6H3,(H-,74,76,78,79)/b14-11-,23-20-,30-28-,36-34-,42-40-,64-61+. The van der Waals surface area contributed by atoms with Gasteiger partial charge in [0.25, 0.3) is 7.82 Å². The van der Waals surface area contributed by atoms with Gasteiger partial charge in [0.1, 0.15) is 19.3 Å². The van der Waals surface area contributed by atoms with E-state index < -0.39 is 26.6 Å². The number of ether oxygens (including phenoxy) is 1. The van der Waals surface area contributed by atoms with Gasteiger partial charge < -0.3 is 28.5 Å². The molecule has 9 nitrogen and oxygen atoms in total. The molecule has 0 heterocycles. The second-order valence-electron chi connectivity index (χ2n) is 25.0. The predicted molar refractivity (Wildman–Crippen MR) is 358 cm³/mol. The van der Waals surface area contributed by atoms with Crippen LogP contribution >= 0.6 is 7.82 Å². The van der Waals surface area contributed by atoms with Crippen molar-refractivity contribution < 1.29 is 37.3 Å². The Labute approximate surface area is 514 Å². The number of hydrogen-bond acceptors (Lipinski definition) is 7. The summed E-state index contributed by atoms with van der Waals surface area (Å²) in [6.07, 6.45) is 81.7. The highest BCUT2D eigenvalue weighted by molar-refractivity contribution is 7.45. The lowest BCUT2D eigenvalue weighted by Gasteiger charge is -2.30. The molecule has 1 N–H and O–H groups in total. The molecule has 0 fully saturated rings. The molecule has 0 spiro atoms. The minimum atomic E-state index is -4.71. The number of phosphoric ester groups is 1. The highest BCUT2D eigenvalue weighted by Gasteiger charge is 2.27. The summed E-state index contributed by atoms with van der Waals surface area (Å²) in [5.41, 5.74) is 0. The lowest BCUT2D eigenvalue weighted by Crippen LogP contribution is -2.47. The zero-order chi connectivity index (χ0) is 60.7.